The molecule has 1 rings (SSSR count). The van der Waals surface area contributed by atoms with Crippen LogP contribution in [-0.4, -0.2) is 15.9 Å². The van der Waals surface area contributed by atoms with Gasteiger partial charge < -0.3 is 5.32 Å². The van der Waals surface area contributed by atoms with Crippen molar-refractivity contribution < 1.29 is 4.92 Å². The van der Waals surface area contributed by atoms with Gasteiger partial charge in [-0.25, -0.2) is 4.98 Å². The van der Waals surface area contributed by atoms with E-state index < -0.39 is 4.92 Å². The van der Waals surface area contributed by atoms with E-state index in [1.54, 1.807) is 0 Å². The summed E-state index contributed by atoms with van der Waals surface area (Å²) in [5.41, 5.74) is -0.0999. The lowest BCUT2D eigenvalue weighted by Gasteiger charge is -2.16. The van der Waals surface area contributed by atoms with Crippen LogP contribution in [0.1, 0.15) is 27.2 Å². The molecular weight excluding hydrogens is 242 g/mol. The van der Waals surface area contributed by atoms with Crippen molar-refractivity contribution in [2.75, 3.05) is 5.32 Å². The monoisotopic (exact) mass is 257 g/mol. The minimum atomic E-state index is -0.514. The molecule has 1 heterocycles. The highest BCUT2D eigenvalue weighted by atomic mass is 35.5. The molecule has 0 amide bonds. The molecule has 1 atom stereocenters. The third-order valence-corrected chi connectivity index (χ3v) is 2.53. The van der Waals surface area contributed by atoms with E-state index in [1.807, 2.05) is 6.92 Å². The summed E-state index contributed by atoms with van der Waals surface area (Å²) in [6.45, 7) is 6.28. The maximum Gasteiger partial charge on any atom is 0.289 e. The maximum absolute atomic E-state index is 10.5. The van der Waals surface area contributed by atoms with E-state index in [0.29, 0.717) is 11.7 Å². The van der Waals surface area contributed by atoms with Gasteiger partial charge in [0.05, 0.1) is 9.95 Å². The molecule has 1 unspecified atom stereocenters. The van der Waals surface area contributed by atoms with Crippen molar-refractivity contribution >= 4 is 23.1 Å². The first-order valence-electron chi connectivity index (χ1n) is 5.46. The fourth-order valence-corrected chi connectivity index (χ4v) is 1.85. The smallest absolute Gasteiger partial charge is 0.289 e. The normalized spacial score (nSPS) is 12.5. The van der Waals surface area contributed by atoms with E-state index in [9.17, 15) is 10.1 Å². The van der Waals surface area contributed by atoms with Gasteiger partial charge in [-0.2, -0.15) is 0 Å². The number of anilines is 1. The van der Waals surface area contributed by atoms with Crippen LogP contribution < -0.4 is 5.32 Å². The van der Waals surface area contributed by atoms with Gasteiger partial charge in [-0.05, 0) is 19.3 Å². The second-order valence-corrected chi connectivity index (χ2v) is 4.86. The Morgan fingerprint density at radius 3 is 2.65 bits per heavy atom. The number of nitro groups is 1. The molecule has 0 aliphatic heterocycles. The third-order valence-electron chi connectivity index (χ3n) is 2.25. The van der Waals surface area contributed by atoms with Gasteiger partial charge in [0.25, 0.3) is 5.69 Å². The van der Waals surface area contributed by atoms with Crippen molar-refractivity contribution in [3.05, 3.63) is 27.4 Å². The first-order valence-corrected chi connectivity index (χ1v) is 5.84. The lowest BCUT2D eigenvalue weighted by atomic mass is 10.1. The number of nitrogens with zero attached hydrogens (tertiary/aromatic N) is 2. The molecule has 94 valence electrons. The molecular formula is C11H16ClN3O2. The average Bonchev–Trinajstić information content (AvgIpc) is 2.19. The number of nitrogens with one attached hydrogen (secondary N) is 1. The fourth-order valence-electron chi connectivity index (χ4n) is 1.63. The topological polar surface area (TPSA) is 68.1 Å². The Kier molecular flexibility index (Phi) is 4.69. The molecule has 0 aromatic carbocycles. The SMILES string of the molecule is CC(C)CC(C)Nc1ncc([N+](=O)[O-])cc1Cl. The predicted molar refractivity (Wildman–Crippen MR) is 68.4 cm³/mol. The second-order valence-electron chi connectivity index (χ2n) is 4.46. The molecule has 0 aliphatic carbocycles. The first-order chi connectivity index (χ1) is 7.90. The van der Waals surface area contributed by atoms with Crippen LogP contribution in [0.5, 0.6) is 0 Å². The van der Waals surface area contributed by atoms with Crippen molar-refractivity contribution in [1.82, 2.24) is 4.98 Å². The van der Waals surface area contributed by atoms with Crippen LogP contribution in [-0.2, 0) is 0 Å². The van der Waals surface area contributed by atoms with Crippen LogP contribution in [0.15, 0.2) is 12.3 Å². The van der Waals surface area contributed by atoms with E-state index >= 15 is 0 Å². The van der Waals surface area contributed by atoms with E-state index in [0.717, 1.165) is 6.42 Å². The number of aromatic nitrogens is 1. The molecule has 0 radical (unpaired) electrons. The standard InChI is InChI=1S/C11H16ClN3O2/c1-7(2)4-8(3)14-11-10(12)5-9(6-13-11)15(16)17/h5-8H,4H2,1-3H3,(H,13,14). The first kappa shape index (κ1) is 13.7. The minimum absolute atomic E-state index is 0.0999. The largest absolute Gasteiger partial charge is 0.366 e. The summed E-state index contributed by atoms with van der Waals surface area (Å²) >= 11 is 5.92. The number of pyridine rings is 1. The van der Waals surface area contributed by atoms with Gasteiger partial charge in [-0.1, -0.05) is 25.4 Å². The Hall–Kier alpha value is -1.36. The molecule has 0 bridgehead atoms. The number of rotatable bonds is 5. The van der Waals surface area contributed by atoms with Gasteiger partial charge in [0, 0.05) is 12.1 Å². The molecule has 17 heavy (non-hydrogen) atoms. The number of halogens is 1. The highest BCUT2D eigenvalue weighted by molar-refractivity contribution is 6.33. The number of hydrogen-bond donors (Lipinski definition) is 1. The van der Waals surface area contributed by atoms with E-state index in [4.69, 9.17) is 11.6 Å². The summed E-state index contributed by atoms with van der Waals surface area (Å²) in [5.74, 6) is 1.06. The van der Waals surface area contributed by atoms with Crippen LogP contribution in [0.4, 0.5) is 11.5 Å². The third kappa shape index (κ3) is 4.19. The zero-order valence-corrected chi connectivity index (χ0v) is 10.9. The quantitative estimate of drug-likeness (QED) is 0.648. The van der Waals surface area contributed by atoms with Crippen molar-refractivity contribution in [1.29, 1.82) is 0 Å². The summed E-state index contributed by atoms with van der Waals surface area (Å²) in [5, 5.41) is 13.9. The van der Waals surface area contributed by atoms with E-state index in [2.05, 4.69) is 24.1 Å². The van der Waals surface area contributed by atoms with Crippen molar-refractivity contribution in [3.63, 3.8) is 0 Å². The van der Waals surface area contributed by atoms with Gasteiger partial charge in [0.15, 0.2) is 0 Å². The molecule has 1 aromatic rings. The van der Waals surface area contributed by atoms with Crippen LogP contribution in [0, 0.1) is 16.0 Å². The zero-order valence-electron chi connectivity index (χ0n) is 10.1. The molecule has 0 aliphatic rings. The van der Waals surface area contributed by atoms with Crippen molar-refractivity contribution in [3.8, 4) is 0 Å². The fraction of sp³-hybridized carbons (Fsp3) is 0.545. The van der Waals surface area contributed by atoms with Gasteiger partial charge in [-0.3, -0.25) is 10.1 Å². The van der Waals surface area contributed by atoms with E-state index in [-0.39, 0.29) is 16.8 Å². The van der Waals surface area contributed by atoms with Gasteiger partial charge >= 0.3 is 0 Å². The highest BCUT2D eigenvalue weighted by Gasteiger charge is 2.13. The van der Waals surface area contributed by atoms with Crippen molar-refractivity contribution in [2.24, 2.45) is 5.92 Å². The summed E-state index contributed by atoms with van der Waals surface area (Å²) in [4.78, 5) is 14.0. The molecule has 0 spiro atoms. The summed E-state index contributed by atoms with van der Waals surface area (Å²) in [6.07, 6.45) is 2.19. The summed E-state index contributed by atoms with van der Waals surface area (Å²) < 4.78 is 0. The van der Waals surface area contributed by atoms with E-state index in [1.165, 1.54) is 12.3 Å². The van der Waals surface area contributed by atoms with Crippen LogP contribution in [0.25, 0.3) is 0 Å². The Bertz CT molecular complexity index is 410. The second kappa shape index (κ2) is 5.82. The Morgan fingerprint density at radius 2 is 2.18 bits per heavy atom. The Balaban J connectivity index is 2.75. The Labute approximate surface area is 105 Å². The van der Waals surface area contributed by atoms with Crippen molar-refractivity contribution in [2.45, 2.75) is 33.2 Å². The molecule has 5 nitrogen and oxygen atoms in total. The molecule has 0 saturated carbocycles. The minimum Gasteiger partial charge on any atom is -0.366 e. The maximum atomic E-state index is 10.5. The zero-order chi connectivity index (χ0) is 13.0. The molecule has 0 saturated heterocycles. The lowest BCUT2D eigenvalue weighted by Crippen LogP contribution is -2.18. The Morgan fingerprint density at radius 1 is 1.53 bits per heavy atom. The molecule has 0 fully saturated rings. The van der Waals surface area contributed by atoms with Gasteiger partial charge in [-0.15, -0.1) is 0 Å². The summed E-state index contributed by atoms with van der Waals surface area (Å²) in [6, 6.07) is 1.53. The van der Waals surface area contributed by atoms with Gasteiger partial charge in [0.2, 0.25) is 0 Å². The van der Waals surface area contributed by atoms with Crippen LogP contribution in [0.2, 0.25) is 5.02 Å². The van der Waals surface area contributed by atoms with Crippen LogP contribution in [0.3, 0.4) is 0 Å². The molecule has 1 aromatic heterocycles. The van der Waals surface area contributed by atoms with Gasteiger partial charge in [0.1, 0.15) is 12.0 Å². The molecule has 1 N–H and O–H groups in total. The van der Waals surface area contributed by atoms with Crippen LogP contribution >= 0.6 is 11.6 Å². The average molecular weight is 258 g/mol. The predicted octanol–water partition coefficient (Wildman–Crippen LogP) is 3.49. The molecule has 6 heteroatoms. The number of hydrogen-bond acceptors (Lipinski definition) is 4. The summed E-state index contributed by atoms with van der Waals surface area (Å²) in [7, 11) is 0. The highest BCUT2D eigenvalue weighted by Crippen LogP contribution is 2.25. The lowest BCUT2D eigenvalue weighted by molar-refractivity contribution is -0.385.